The van der Waals surface area contributed by atoms with Crippen LogP contribution < -0.4 is 14.8 Å². The van der Waals surface area contributed by atoms with Gasteiger partial charge in [-0.2, -0.15) is 4.31 Å². The highest BCUT2D eigenvalue weighted by molar-refractivity contribution is 7.89. The van der Waals surface area contributed by atoms with Crippen LogP contribution in [0.15, 0.2) is 35.7 Å². The Bertz CT molecular complexity index is 957. The van der Waals surface area contributed by atoms with E-state index in [0.717, 1.165) is 0 Å². The number of methoxy groups -OCH3 is 2. The van der Waals surface area contributed by atoms with Crippen LogP contribution in [0.25, 0.3) is 0 Å². The van der Waals surface area contributed by atoms with Gasteiger partial charge in [0, 0.05) is 32.4 Å². The molecule has 0 aliphatic carbocycles. The van der Waals surface area contributed by atoms with E-state index in [-0.39, 0.29) is 17.5 Å². The molecule has 1 aliphatic rings. The topological polar surface area (TPSA) is 103 Å². The fourth-order valence-electron chi connectivity index (χ4n) is 3.17. The molecule has 1 aromatic carbocycles. The average molecular weight is 408 g/mol. The number of hydrogen-bond donors (Lipinski definition) is 1. The zero-order valence-corrected chi connectivity index (χ0v) is 16.9. The molecule has 0 bridgehead atoms. The maximum absolute atomic E-state index is 12.8. The Hall–Kier alpha value is -2.59. The summed E-state index contributed by atoms with van der Waals surface area (Å²) in [4.78, 5) is 16.7. The van der Waals surface area contributed by atoms with Crippen LogP contribution in [0.4, 0.5) is 5.69 Å². The number of imidazole rings is 1. The summed E-state index contributed by atoms with van der Waals surface area (Å²) in [5, 5.41) is 2.83. The lowest BCUT2D eigenvalue weighted by molar-refractivity contribution is -0.120. The SMILES string of the molecule is COc1ccc(NC(=O)[C@@H]2CCCN(S(=O)(=O)c3cn(C)cn3)C2)c(OC)c1. The van der Waals surface area contributed by atoms with Gasteiger partial charge in [-0.1, -0.05) is 0 Å². The Labute approximate surface area is 164 Å². The average Bonchev–Trinajstić information content (AvgIpc) is 3.15. The van der Waals surface area contributed by atoms with Gasteiger partial charge in [0.05, 0.1) is 32.2 Å². The van der Waals surface area contributed by atoms with Gasteiger partial charge in [0.1, 0.15) is 11.5 Å². The lowest BCUT2D eigenvalue weighted by Crippen LogP contribution is -2.43. The zero-order valence-electron chi connectivity index (χ0n) is 16.1. The summed E-state index contributed by atoms with van der Waals surface area (Å²) in [6.07, 6.45) is 4.11. The molecule has 3 rings (SSSR count). The van der Waals surface area contributed by atoms with Crippen LogP contribution in [0.2, 0.25) is 0 Å². The molecule has 0 unspecified atom stereocenters. The molecule has 0 saturated carbocycles. The molecule has 0 radical (unpaired) electrons. The van der Waals surface area contributed by atoms with E-state index in [2.05, 4.69) is 10.3 Å². The standard InChI is InChI=1S/C18H24N4O5S/c1-21-11-17(19-12-21)28(24,25)22-8-4-5-13(10-22)18(23)20-15-7-6-14(26-2)9-16(15)27-3/h6-7,9,11-13H,4-5,8,10H2,1-3H3,(H,20,23)/t13-/m1/s1. The van der Waals surface area contributed by atoms with E-state index < -0.39 is 15.9 Å². The number of hydrogen-bond acceptors (Lipinski definition) is 6. The first-order valence-corrected chi connectivity index (χ1v) is 10.3. The molecule has 1 aliphatic heterocycles. The molecule has 1 N–H and O–H groups in total. The van der Waals surface area contributed by atoms with E-state index in [0.29, 0.717) is 36.6 Å². The number of aromatic nitrogens is 2. The molecular weight excluding hydrogens is 384 g/mol. The number of sulfonamides is 1. The van der Waals surface area contributed by atoms with Crippen molar-refractivity contribution in [1.29, 1.82) is 0 Å². The van der Waals surface area contributed by atoms with Crippen molar-refractivity contribution in [2.75, 3.05) is 32.6 Å². The Morgan fingerprint density at radius 2 is 2.07 bits per heavy atom. The third kappa shape index (κ3) is 4.12. The van der Waals surface area contributed by atoms with Crippen molar-refractivity contribution in [3.05, 3.63) is 30.7 Å². The molecule has 1 amide bonds. The fourth-order valence-corrected chi connectivity index (χ4v) is 4.66. The van der Waals surface area contributed by atoms with Gasteiger partial charge in [0.2, 0.25) is 5.91 Å². The Morgan fingerprint density at radius 1 is 1.29 bits per heavy atom. The molecule has 1 aromatic heterocycles. The minimum Gasteiger partial charge on any atom is -0.497 e. The van der Waals surface area contributed by atoms with Crippen LogP contribution in [0.1, 0.15) is 12.8 Å². The fraction of sp³-hybridized carbons (Fsp3) is 0.444. The normalized spacial score (nSPS) is 17.9. The van der Waals surface area contributed by atoms with E-state index in [1.54, 1.807) is 36.9 Å². The molecule has 1 fully saturated rings. The number of aryl methyl sites for hydroxylation is 1. The molecule has 0 spiro atoms. The smallest absolute Gasteiger partial charge is 0.262 e. The number of carbonyl (C=O) groups excluding carboxylic acids is 1. The van der Waals surface area contributed by atoms with Crippen molar-refractivity contribution < 1.29 is 22.7 Å². The van der Waals surface area contributed by atoms with Crippen molar-refractivity contribution in [3.8, 4) is 11.5 Å². The van der Waals surface area contributed by atoms with Crippen molar-refractivity contribution in [2.24, 2.45) is 13.0 Å². The summed E-state index contributed by atoms with van der Waals surface area (Å²) in [6, 6.07) is 5.09. The quantitative estimate of drug-likeness (QED) is 0.777. The van der Waals surface area contributed by atoms with E-state index in [9.17, 15) is 13.2 Å². The predicted molar refractivity (Wildman–Crippen MR) is 103 cm³/mol. The summed E-state index contributed by atoms with van der Waals surface area (Å²) >= 11 is 0. The molecule has 1 saturated heterocycles. The second-order valence-electron chi connectivity index (χ2n) is 6.64. The Kier molecular flexibility index (Phi) is 5.90. The van der Waals surface area contributed by atoms with Crippen LogP contribution in [0.5, 0.6) is 11.5 Å². The van der Waals surface area contributed by atoms with Gasteiger partial charge in [0.25, 0.3) is 10.0 Å². The number of rotatable bonds is 6. The minimum atomic E-state index is -3.72. The van der Waals surface area contributed by atoms with Crippen LogP contribution in [0, 0.1) is 5.92 Å². The van der Waals surface area contributed by atoms with Crippen molar-refractivity contribution in [1.82, 2.24) is 13.9 Å². The van der Waals surface area contributed by atoms with Crippen molar-refractivity contribution in [2.45, 2.75) is 17.9 Å². The number of piperidine rings is 1. The lowest BCUT2D eigenvalue weighted by atomic mass is 9.98. The number of benzene rings is 1. The van der Waals surface area contributed by atoms with Crippen LogP contribution >= 0.6 is 0 Å². The van der Waals surface area contributed by atoms with Gasteiger partial charge in [-0.15, -0.1) is 0 Å². The summed E-state index contributed by atoms with van der Waals surface area (Å²) in [6.45, 7) is 0.484. The third-order valence-corrected chi connectivity index (χ3v) is 6.46. The Balaban J connectivity index is 1.73. The van der Waals surface area contributed by atoms with Crippen LogP contribution in [0.3, 0.4) is 0 Å². The summed E-state index contributed by atoms with van der Waals surface area (Å²) < 4.78 is 38.9. The number of nitrogens with one attached hydrogen (secondary N) is 1. The molecule has 2 aromatic rings. The highest BCUT2D eigenvalue weighted by Gasteiger charge is 2.34. The first-order chi connectivity index (χ1) is 13.3. The highest BCUT2D eigenvalue weighted by Crippen LogP contribution is 2.30. The van der Waals surface area contributed by atoms with Crippen molar-refractivity contribution >= 4 is 21.6 Å². The molecule has 28 heavy (non-hydrogen) atoms. The van der Waals surface area contributed by atoms with Crippen LogP contribution in [-0.2, 0) is 21.9 Å². The van der Waals surface area contributed by atoms with Crippen LogP contribution in [-0.4, -0.2) is 55.5 Å². The van der Waals surface area contributed by atoms with Gasteiger partial charge in [-0.05, 0) is 25.0 Å². The summed E-state index contributed by atoms with van der Waals surface area (Å²) in [7, 11) is 1.04. The highest BCUT2D eigenvalue weighted by atomic mass is 32.2. The monoisotopic (exact) mass is 408 g/mol. The molecular formula is C18H24N4O5S. The second kappa shape index (κ2) is 8.19. The zero-order chi connectivity index (χ0) is 20.3. The first-order valence-electron chi connectivity index (χ1n) is 8.86. The molecule has 1 atom stereocenters. The lowest BCUT2D eigenvalue weighted by Gasteiger charge is -2.30. The predicted octanol–water partition coefficient (Wildman–Crippen LogP) is 1.48. The maximum Gasteiger partial charge on any atom is 0.262 e. The molecule has 152 valence electrons. The van der Waals surface area contributed by atoms with Gasteiger partial charge in [-0.25, -0.2) is 13.4 Å². The number of nitrogens with zero attached hydrogens (tertiary/aromatic N) is 3. The maximum atomic E-state index is 12.8. The minimum absolute atomic E-state index is 0.00659. The molecule has 10 heteroatoms. The molecule has 9 nitrogen and oxygen atoms in total. The Morgan fingerprint density at radius 3 is 2.71 bits per heavy atom. The first kappa shape index (κ1) is 20.2. The number of anilines is 1. The summed E-state index contributed by atoms with van der Waals surface area (Å²) in [5.41, 5.74) is 0.512. The van der Waals surface area contributed by atoms with E-state index in [4.69, 9.17) is 9.47 Å². The molecule has 2 heterocycles. The number of ether oxygens (including phenoxy) is 2. The van der Waals surface area contributed by atoms with Gasteiger partial charge < -0.3 is 19.4 Å². The second-order valence-corrected chi connectivity index (χ2v) is 8.52. The number of carbonyl (C=O) groups is 1. The van der Waals surface area contributed by atoms with Crippen molar-refractivity contribution in [3.63, 3.8) is 0 Å². The third-order valence-electron chi connectivity index (χ3n) is 4.71. The van der Waals surface area contributed by atoms with E-state index in [1.165, 1.54) is 23.9 Å². The van der Waals surface area contributed by atoms with E-state index >= 15 is 0 Å². The number of amides is 1. The van der Waals surface area contributed by atoms with E-state index in [1.807, 2.05) is 0 Å². The van der Waals surface area contributed by atoms with Gasteiger partial charge in [-0.3, -0.25) is 4.79 Å². The summed E-state index contributed by atoms with van der Waals surface area (Å²) in [5.74, 6) is 0.380. The largest absolute Gasteiger partial charge is 0.497 e. The van der Waals surface area contributed by atoms with Gasteiger partial charge >= 0.3 is 0 Å². The van der Waals surface area contributed by atoms with Gasteiger partial charge in [0.15, 0.2) is 5.03 Å².